The lowest BCUT2D eigenvalue weighted by Gasteiger charge is -2.29. The molecule has 0 amide bonds. The van der Waals surface area contributed by atoms with E-state index in [0.29, 0.717) is 6.61 Å². The van der Waals surface area contributed by atoms with Gasteiger partial charge in [0.05, 0.1) is 26.2 Å². The summed E-state index contributed by atoms with van der Waals surface area (Å²) in [4.78, 5) is 13.7. The number of hydrogen-bond acceptors (Lipinski definition) is 5. The normalized spacial score (nSPS) is 33.6. The molecule has 0 N–H and O–H groups in total. The number of rotatable bonds is 4. The number of likely N-dealkylation sites (tertiary alicyclic amines) is 1. The van der Waals surface area contributed by atoms with Gasteiger partial charge in [-0.2, -0.15) is 0 Å². The van der Waals surface area contributed by atoms with Crippen LogP contribution < -0.4 is 0 Å². The number of methoxy groups -OCH3 is 1. The second-order valence-corrected chi connectivity index (χ2v) is 5.30. The molecule has 0 spiro atoms. The maximum atomic E-state index is 11.3. The van der Waals surface area contributed by atoms with E-state index in [2.05, 4.69) is 9.64 Å². The summed E-state index contributed by atoms with van der Waals surface area (Å²) >= 11 is 0. The molecule has 2 rings (SSSR count). The number of carbonyl (C=O) groups excluding carboxylic acids is 1. The average molecular weight is 257 g/mol. The van der Waals surface area contributed by atoms with Gasteiger partial charge in [0, 0.05) is 6.54 Å². The van der Waals surface area contributed by atoms with E-state index in [1.165, 1.54) is 26.4 Å². The second-order valence-electron chi connectivity index (χ2n) is 5.30. The first-order valence-electron chi connectivity index (χ1n) is 6.72. The van der Waals surface area contributed by atoms with Crippen molar-refractivity contribution in [3.05, 3.63) is 0 Å². The zero-order valence-corrected chi connectivity index (χ0v) is 11.3. The van der Waals surface area contributed by atoms with Crippen molar-refractivity contribution in [2.24, 2.45) is 0 Å². The standard InChI is InChI=1S/C13H23NO4/c1-13(8-12(15)16-2)17-10-11(18-13)9-14-6-4-3-5-7-14/h11H,3-10H2,1-2H3/t11-,13-/m1/s1. The molecule has 5 nitrogen and oxygen atoms in total. The Morgan fingerprint density at radius 3 is 2.78 bits per heavy atom. The van der Waals surface area contributed by atoms with Gasteiger partial charge in [0.25, 0.3) is 0 Å². The summed E-state index contributed by atoms with van der Waals surface area (Å²) in [5.41, 5.74) is 0. The Balaban J connectivity index is 1.78. The van der Waals surface area contributed by atoms with Gasteiger partial charge < -0.3 is 19.1 Å². The van der Waals surface area contributed by atoms with Crippen molar-refractivity contribution in [2.75, 3.05) is 33.4 Å². The van der Waals surface area contributed by atoms with Crippen LogP contribution in [0.15, 0.2) is 0 Å². The molecule has 5 heteroatoms. The molecule has 0 radical (unpaired) electrons. The lowest BCUT2D eigenvalue weighted by atomic mass is 10.1. The molecule has 0 saturated carbocycles. The largest absolute Gasteiger partial charge is 0.469 e. The molecule has 0 aromatic rings. The molecule has 2 atom stereocenters. The minimum Gasteiger partial charge on any atom is -0.469 e. The van der Waals surface area contributed by atoms with Gasteiger partial charge in [-0.15, -0.1) is 0 Å². The summed E-state index contributed by atoms with van der Waals surface area (Å²) < 4.78 is 16.1. The second kappa shape index (κ2) is 5.99. The van der Waals surface area contributed by atoms with Crippen LogP contribution in [-0.4, -0.2) is 56.1 Å². The number of nitrogens with zero attached hydrogens (tertiary/aromatic N) is 1. The first-order chi connectivity index (χ1) is 8.61. The first kappa shape index (κ1) is 13.8. The van der Waals surface area contributed by atoms with E-state index < -0.39 is 5.79 Å². The third-order valence-corrected chi connectivity index (χ3v) is 3.59. The molecule has 2 aliphatic rings. The minimum atomic E-state index is -0.812. The molecule has 104 valence electrons. The third-order valence-electron chi connectivity index (χ3n) is 3.59. The van der Waals surface area contributed by atoms with Crippen molar-refractivity contribution in [3.63, 3.8) is 0 Å². The molecule has 0 aromatic heterocycles. The number of esters is 1. The highest BCUT2D eigenvalue weighted by Crippen LogP contribution is 2.28. The van der Waals surface area contributed by atoms with Crippen LogP contribution in [-0.2, 0) is 19.0 Å². The van der Waals surface area contributed by atoms with Crippen LogP contribution in [0.3, 0.4) is 0 Å². The van der Waals surface area contributed by atoms with Gasteiger partial charge in [-0.25, -0.2) is 0 Å². The molecule has 2 saturated heterocycles. The number of piperidine rings is 1. The monoisotopic (exact) mass is 257 g/mol. The van der Waals surface area contributed by atoms with Crippen molar-refractivity contribution >= 4 is 5.97 Å². The molecule has 0 aromatic carbocycles. The Bertz CT molecular complexity index is 291. The predicted molar refractivity (Wildman–Crippen MR) is 66.2 cm³/mol. The molecular weight excluding hydrogens is 234 g/mol. The van der Waals surface area contributed by atoms with Crippen LogP contribution >= 0.6 is 0 Å². The van der Waals surface area contributed by atoms with Crippen LogP contribution in [0, 0.1) is 0 Å². The van der Waals surface area contributed by atoms with Crippen molar-refractivity contribution in [1.82, 2.24) is 4.90 Å². The summed E-state index contributed by atoms with van der Waals surface area (Å²) in [6.07, 6.45) is 4.09. The molecule has 18 heavy (non-hydrogen) atoms. The smallest absolute Gasteiger partial charge is 0.310 e. The number of hydrogen-bond donors (Lipinski definition) is 0. The van der Waals surface area contributed by atoms with E-state index in [9.17, 15) is 4.79 Å². The molecule has 0 aliphatic carbocycles. The Kier molecular flexibility index (Phi) is 4.59. The number of ether oxygens (including phenoxy) is 3. The van der Waals surface area contributed by atoms with Crippen molar-refractivity contribution < 1.29 is 19.0 Å². The topological polar surface area (TPSA) is 48.0 Å². The Labute approximate surface area is 108 Å². The summed E-state index contributed by atoms with van der Waals surface area (Å²) in [5, 5.41) is 0. The highest BCUT2D eigenvalue weighted by Gasteiger charge is 2.40. The van der Waals surface area contributed by atoms with Gasteiger partial charge >= 0.3 is 5.97 Å². The Morgan fingerprint density at radius 1 is 1.39 bits per heavy atom. The van der Waals surface area contributed by atoms with Gasteiger partial charge in [-0.3, -0.25) is 4.79 Å². The van der Waals surface area contributed by atoms with Crippen LogP contribution in [0.25, 0.3) is 0 Å². The first-order valence-corrected chi connectivity index (χ1v) is 6.72. The van der Waals surface area contributed by atoms with E-state index in [1.807, 2.05) is 0 Å². The zero-order valence-electron chi connectivity index (χ0n) is 11.3. The van der Waals surface area contributed by atoms with E-state index in [0.717, 1.165) is 19.6 Å². The lowest BCUT2D eigenvalue weighted by Crippen LogP contribution is -2.38. The fourth-order valence-electron chi connectivity index (χ4n) is 2.64. The van der Waals surface area contributed by atoms with Crippen LogP contribution in [0.5, 0.6) is 0 Å². The van der Waals surface area contributed by atoms with E-state index >= 15 is 0 Å². The van der Waals surface area contributed by atoms with Crippen LogP contribution in [0.2, 0.25) is 0 Å². The van der Waals surface area contributed by atoms with E-state index in [4.69, 9.17) is 9.47 Å². The van der Waals surface area contributed by atoms with Gasteiger partial charge in [-0.1, -0.05) is 6.42 Å². The molecule has 0 bridgehead atoms. The average Bonchev–Trinajstić information content (AvgIpc) is 2.71. The third kappa shape index (κ3) is 3.67. The minimum absolute atomic E-state index is 0.0674. The van der Waals surface area contributed by atoms with Crippen LogP contribution in [0.1, 0.15) is 32.6 Å². The zero-order chi connectivity index (χ0) is 13.0. The lowest BCUT2D eigenvalue weighted by molar-refractivity contribution is -0.179. The van der Waals surface area contributed by atoms with Crippen LogP contribution in [0.4, 0.5) is 0 Å². The fraction of sp³-hybridized carbons (Fsp3) is 0.923. The summed E-state index contributed by atoms with van der Waals surface area (Å²) in [5.74, 6) is -1.11. The molecule has 2 fully saturated rings. The van der Waals surface area contributed by atoms with Crippen molar-refractivity contribution in [2.45, 2.75) is 44.5 Å². The summed E-state index contributed by atoms with van der Waals surface area (Å²) in [7, 11) is 1.38. The van der Waals surface area contributed by atoms with Crippen molar-refractivity contribution in [3.8, 4) is 0 Å². The Hall–Kier alpha value is -0.650. The van der Waals surface area contributed by atoms with E-state index in [-0.39, 0.29) is 18.5 Å². The molecule has 0 unspecified atom stereocenters. The quantitative estimate of drug-likeness (QED) is 0.707. The molecule has 2 aliphatic heterocycles. The highest BCUT2D eigenvalue weighted by molar-refractivity contribution is 5.70. The van der Waals surface area contributed by atoms with Gasteiger partial charge in [0.1, 0.15) is 0 Å². The molecule has 2 heterocycles. The summed E-state index contributed by atoms with van der Waals surface area (Å²) in [6, 6.07) is 0. The van der Waals surface area contributed by atoms with Gasteiger partial charge in [-0.05, 0) is 32.9 Å². The fourth-order valence-corrected chi connectivity index (χ4v) is 2.64. The summed E-state index contributed by atoms with van der Waals surface area (Å²) in [6.45, 7) is 5.56. The van der Waals surface area contributed by atoms with Gasteiger partial charge in [0.2, 0.25) is 0 Å². The maximum absolute atomic E-state index is 11.3. The molecular formula is C13H23NO4. The van der Waals surface area contributed by atoms with Gasteiger partial charge in [0.15, 0.2) is 5.79 Å². The van der Waals surface area contributed by atoms with E-state index in [1.54, 1.807) is 6.92 Å². The predicted octanol–water partition coefficient (Wildman–Crippen LogP) is 1.17. The Morgan fingerprint density at radius 2 is 2.11 bits per heavy atom. The SMILES string of the molecule is COC(=O)C[C@]1(C)OC[C@@H](CN2CCCCC2)O1. The van der Waals surface area contributed by atoms with Crippen molar-refractivity contribution in [1.29, 1.82) is 0 Å². The maximum Gasteiger partial charge on any atom is 0.310 e. The highest BCUT2D eigenvalue weighted by atomic mass is 16.7. The number of carbonyl (C=O) groups is 1.